The molecule has 0 spiro atoms. The predicted octanol–water partition coefficient (Wildman–Crippen LogP) is 4.10. The summed E-state index contributed by atoms with van der Waals surface area (Å²) in [4.78, 5) is 43.5. The molecule has 2 aliphatic carbocycles. The molecule has 0 radical (unpaired) electrons. The maximum atomic E-state index is 13.2. The van der Waals surface area contributed by atoms with Crippen molar-refractivity contribution in [2.45, 2.75) is 76.3 Å². The van der Waals surface area contributed by atoms with E-state index in [4.69, 9.17) is 5.73 Å². The summed E-state index contributed by atoms with van der Waals surface area (Å²) in [6.45, 7) is 2.71. The fraction of sp³-hybridized carbons (Fsp3) is 0.531. The fourth-order valence-electron chi connectivity index (χ4n) is 6.34. The molecular weight excluding hydrogens is 502 g/mol. The van der Waals surface area contributed by atoms with Crippen molar-refractivity contribution in [1.29, 1.82) is 0 Å². The zero-order valence-electron chi connectivity index (χ0n) is 23.4. The van der Waals surface area contributed by atoms with Gasteiger partial charge in [-0.1, -0.05) is 49.6 Å². The van der Waals surface area contributed by atoms with E-state index in [9.17, 15) is 14.4 Å². The summed E-state index contributed by atoms with van der Waals surface area (Å²) in [5, 5.41) is 6.25. The molecule has 40 heavy (non-hydrogen) atoms. The molecule has 0 atom stereocenters. The molecule has 4 N–H and O–H groups in total. The topological polar surface area (TPSA) is 108 Å². The van der Waals surface area contributed by atoms with Gasteiger partial charge in [-0.25, -0.2) is 0 Å². The summed E-state index contributed by atoms with van der Waals surface area (Å²) < 4.78 is 0. The van der Waals surface area contributed by atoms with E-state index in [1.54, 1.807) is 6.07 Å². The maximum absolute atomic E-state index is 13.2. The van der Waals surface area contributed by atoms with Crippen LogP contribution in [0.4, 0.5) is 11.4 Å². The first kappa shape index (κ1) is 28.1. The number of hydrogen-bond acceptors (Lipinski definition) is 5. The van der Waals surface area contributed by atoms with Gasteiger partial charge in [0.05, 0.1) is 17.8 Å². The Hall–Kier alpha value is -3.39. The number of benzene rings is 2. The lowest BCUT2D eigenvalue weighted by molar-refractivity contribution is -0.136. The summed E-state index contributed by atoms with van der Waals surface area (Å²) in [6.07, 6.45) is 9.40. The number of nitrogens with one attached hydrogen (secondary N) is 2. The van der Waals surface area contributed by atoms with Crippen LogP contribution < -0.4 is 21.3 Å². The van der Waals surface area contributed by atoms with Gasteiger partial charge in [0.2, 0.25) is 11.8 Å². The van der Waals surface area contributed by atoms with E-state index in [2.05, 4.69) is 15.5 Å². The third-order valence-electron chi connectivity index (χ3n) is 8.73. The largest absolute Gasteiger partial charge is 0.366 e. The monoisotopic (exact) mass is 545 g/mol. The van der Waals surface area contributed by atoms with Crippen LogP contribution >= 0.6 is 0 Å². The van der Waals surface area contributed by atoms with Crippen LogP contribution in [0.25, 0.3) is 0 Å². The third-order valence-corrected chi connectivity index (χ3v) is 8.73. The Kier molecular flexibility index (Phi) is 9.37. The molecule has 0 bridgehead atoms. The van der Waals surface area contributed by atoms with Crippen molar-refractivity contribution in [1.82, 2.24) is 10.2 Å². The van der Waals surface area contributed by atoms with E-state index in [0.717, 1.165) is 62.6 Å². The normalized spacial score (nSPS) is 22.0. The van der Waals surface area contributed by atoms with E-state index in [-0.39, 0.29) is 36.2 Å². The second kappa shape index (κ2) is 13.3. The second-order valence-corrected chi connectivity index (χ2v) is 11.7. The zero-order valence-corrected chi connectivity index (χ0v) is 23.4. The number of carbonyl (C=O) groups excluding carboxylic acids is 3. The minimum atomic E-state index is -0.131. The smallest absolute Gasteiger partial charge is 0.251 e. The molecule has 5 rings (SSSR count). The zero-order chi connectivity index (χ0) is 27.9. The molecule has 8 nitrogen and oxygen atoms in total. The fourth-order valence-corrected chi connectivity index (χ4v) is 6.34. The highest BCUT2D eigenvalue weighted by Gasteiger charge is 2.29. The van der Waals surface area contributed by atoms with Gasteiger partial charge in [-0.2, -0.15) is 0 Å². The van der Waals surface area contributed by atoms with Crippen LogP contribution in [0.5, 0.6) is 0 Å². The van der Waals surface area contributed by atoms with Gasteiger partial charge in [-0.3, -0.25) is 14.4 Å². The Morgan fingerprint density at radius 3 is 2.23 bits per heavy atom. The summed E-state index contributed by atoms with van der Waals surface area (Å²) in [6, 6.07) is 15.5. The highest BCUT2D eigenvalue weighted by molar-refractivity contribution is 6.00. The molecule has 8 heteroatoms. The maximum Gasteiger partial charge on any atom is 0.251 e. The van der Waals surface area contributed by atoms with E-state index >= 15 is 0 Å². The lowest BCUT2D eigenvalue weighted by Gasteiger charge is -2.39. The summed E-state index contributed by atoms with van der Waals surface area (Å²) in [5.41, 5.74) is 9.00. The van der Waals surface area contributed by atoms with Gasteiger partial charge in [0.15, 0.2) is 0 Å². The summed E-state index contributed by atoms with van der Waals surface area (Å²) in [5.74, 6) is 0.211. The Bertz CT molecular complexity index is 1160. The van der Waals surface area contributed by atoms with E-state index in [1.165, 1.54) is 6.42 Å². The van der Waals surface area contributed by atoms with Gasteiger partial charge in [-0.05, 0) is 62.3 Å². The van der Waals surface area contributed by atoms with Crippen molar-refractivity contribution >= 4 is 29.1 Å². The number of amides is 3. The van der Waals surface area contributed by atoms with Gasteiger partial charge in [0, 0.05) is 49.7 Å². The molecule has 3 fully saturated rings. The van der Waals surface area contributed by atoms with Gasteiger partial charge >= 0.3 is 0 Å². The Labute approximate surface area is 237 Å². The molecule has 2 aromatic carbocycles. The Balaban J connectivity index is 1.29. The predicted molar refractivity (Wildman–Crippen MR) is 158 cm³/mol. The first-order valence-electron chi connectivity index (χ1n) is 15.0. The van der Waals surface area contributed by atoms with Crippen molar-refractivity contribution in [2.24, 2.45) is 11.7 Å². The molecule has 2 aromatic rings. The minimum Gasteiger partial charge on any atom is -0.366 e. The second-order valence-electron chi connectivity index (χ2n) is 11.7. The molecule has 1 aliphatic heterocycles. The molecule has 0 unspecified atom stereocenters. The van der Waals surface area contributed by atoms with Crippen LogP contribution in [0.3, 0.4) is 0 Å². The van der Waals surface area contributed by atoms with Crippen molar-refractivity contribution in [2.75, 3.05) is 36.4 Å². The quantitative estimate of drug-likeness (QED) is 0.486. The SMILES string of the molecule is NC1CCC(NC(=O)c2ccc(N3CCN(C(=O)C4CCCCC4)CC3)c(NC(=O)Cc3ccccc3)c2)CC1. The van der Waals surface area contributed by atoms with Crippen LogP contribution in [-0.4, -0.2) is 60.9 Å². The number of piperazine rings is 1. The number of nitrogens with two attached hydrogens (primary N) is 1. The van der Waals surface area contributed by atoms with E-state index in [0.29, 0.717) is 43.3 Å². The van der Waals surface area contributed by atoms with Crippen molar-refractivity contribution in [3.8, 4) is 0 Å². The van der Waals surface area contributed by atoms with E-state index < -0.39 is 0 Å². The number of anilines is 2. The Morgan fingerprint density at radius 2 is 1.52 bits per heavy atom. The van der Waals surface area contributed by atoms with E-state index in [1.807, 2.05) is 47.4 Å². The highest BCUT2D eigenvalue weighted by Crippen LogP contribution is 2.31. The molecule has 3 aliphatic rings. The van der Waals surface area contributed by atoms with Gasteiger partial charge < -0.3 is 26.2 Å². The lowest BCUT2D eigenvalue weighted by atomic mass is 9.88. The standard InChI is InChI=1S/C32H43N5O3/c33-26-12-14-27(15-13-26)34-31(39)25-11-16-29(28(22-25)35-30(38)21-23-7-3-1-4-8-23)36-17-19-37(20-18-36)32(40)24-9-5-2-6-10-24/h1,3-4,7-8,11,16,22,24,26-27H,2,5-6,9-10,12-15,17-21,33H2,(H,34,39)(H,35,38). The van der Waals surface area contributed by atoms with Gasteiger partial charge in [0.25, 0.3) is 5.91 Å². The van der Waals surface area contributed by atoms with Crippen LogP contribution in [-0.2, 0) is 16.0 Å². The molecule has 2 saturated carbocycles. The molecule has 0 aromatic heterocycles. The summed E-state index contributed by atoms with van der Waals surface area (Å²) in [7, 11) is 0. The summed E-state index contributed by atoms with van der Waals surface area (Å²) >= 11 is 0. The number of carbonyl (C=O) groups is 3. The van der Waals surface area contributed by atoms with Crippen molar-refractivity contribution < 1.29 is 14.4 Å². The van der Waals surface area contributed by atoms with Gasteiger partial charge in [-0.15, -0.1) is 0 Å². The average Bonchev–Trinajstić information content (AvgIpc) is 2.99. The van der Waals surface area contributed by atoms with Crippen LogP contribution in [0.15, 0.2) is 48.5 Å². The van der Waals surface area contributed by atoms with Crippen LogP contribution in [0.1, 0.15) is 73.7 Å². The minimum absolute atomic E-state index is 0.123. The molecule has 1 heterocycles. The first-order chi connectivity index (χ1) is 19.5. The Morgan fingerprint density at radius 1 is 0.825 bits per heavy atom. The van der Waals surface area contributed by atoms with Gasteiger partial charge in [0.1, 0.15) is 0 Å². The number of nitrogens with zero attached hydrogens (tertiary/aromatic N) is 2. The highest BCUT2D eigenvalue weighted by atomic mass is 16.2. The van der Waals surface area contributed by atoms with Crippen LogP contribution in [0.2, 0.25) is 0 Å². The first-order valence-corrected chi connectivity index (χ1v) is 15.0. The average molecular weight is 546 g/mol. The molecule has 214 valence electrons. The molecular formula is C32H43N5O3. The number of rotatable bonds is 7. The third kappa shape index (κ3) is 7.22. The molecule has 3 amide bonds. The lowest BCUT2D eigenvalue weighted by Crippen LogP contribution is -2.50. The van der Waals surface area contributed by atoms with Crippen molar-refractivity contribution in [3.63, 3.8) is 0 Å². The van der Waals surface area contributed by atoms with Crippen molar-refractivity contribution in [3.05, 3.63) is 59.7 Å². The van der Waals surface area contributed by atoms with Crippen LogP contribution in [0, 0.1) is 5.92 Å². The number of hydrogen-bond donors (Lipinski definition) is 3. The molecule has 1 saturated heterocycles.